The average molecular weight is 356 g/mol. The number of rotatable bonds is 6. The summed E-state index contributed by atoms with van der Waals surface area (Å²) >= 11 is 0. The van der Waals surface area contributed by atoms with Gasteiger partial charge in [0.1, 0.15) is 0 Å². The summed E-state index contributed by atoms with van der Waals surface area (Å²) < 4.78 is 5.35. The SMILES string of the molecule is CN(Cc1ccc(C(C)(C)C)cc1)C(=O)COc1ccccc1[N+](=O)[O-]. The molecule has 26 heavy (non-hydrogen) atoms. The molecule has 6 heteroatoms. The second-order valence-electron chi connectivity index (χ2n) is 7.21. The lowest BCUT2D eigenvalue weighted by Crippen LogP contribution is -2.31. The summed E-state index contributed by atoms with van der Waals surface area (Å²) in [4.78, 5) is 24.2. The van der Waals surface area contributed by atoms with Crippen molar-refractivity contribution < 1.29 is 14.5 Å². The van der Waals surface area contributed by atoms with E-state index in [1.807, 2.05) is 12.1 Å². The Morgan fingerprint density at radius 2 is 1.73 bits per heavy atom. The molecule has 0 heterocycles. The lowest BCUT2D eigenvalue weighted by molar-refractivity contribution is -0.385. The molecule has 0 aromatic heterocycles. The molecule has 0 bridgehead atoms. The van der Waals surface area contributed by atoms with E-state index in [1.54, 1.807) is 24.1 Å². The number of amides is 1. The van der Waals surface area contributed by atoms with Crippen LogP contribution in [0.2, 0.25) is 0 Å². The van der Waals surface area contributed by atoms with Crippen LogP contribution in [0, 0.1) is 10.1 Å². The highest BCUT2D eigenvalue weighted by Crippen LogP contribution is 2.26. The van der Waals surface area contributed by atoms with Crippen LogP contribution >= 0.6 is 0 Å². The number of likely N-dealkylation sites (N-methyl/N-ethyl adjacent to an activating group) is 1. The minimum atomic E-state index is -0.527. The first-order chi connectivity index (χ1) is 12.2. The third-order valence-corrected chi connectivity index (χ3v) is 4.08. The van der Waals surface area contributed by atoms with E-state index in [-0.39, 0.29) is 29.4 Å². The summed E-state index contributed by atoms with van der Waals surface area (Å²) in [6.45, 7) is 6.65. The number of carbonyl (C=O) groups excluding carboxylic acids is 1. The third-order valence-electron chi connectivity index (χ3n) is 4.08. The fourth-order valence-electron chi connectivity index (χ4n) is 2.45. The maximum atomic E-state index is 12.3. The van der Waals surface area contributed by atoms with Gasteiger partial charge in [0.05, 0.1) is 4.92 Å². The number of nitro groups is 1. The van der Waals surface area contributed by atoms with E-state index in [1.165, 1.54) is 17.7 Å². The number of nitro benzene ring substituents is 1. The van der Waals surface area contributed by atoms with Crippen molar-refractivity contribution in [2.45, 2.75) is 32.7 Å². The van der Waals surface area contributed by atoms with Crippen molar-refractivity contribution in [3.8, 4) is 5.75 Å². The first-order valence-corrected chi connectivity index (χ1v) is 8.38. The van der Waals surface area contributed by atoms with Gasteiger partial charge >= 0.3 is 5.69 Å². The van der Waals surface area contributed by atoms with Gasteiger partial charge in [-0.1, -0.05) is 57.2 Å². The Hall–Kier alpha value is -2.89. The largest absolute Gasteiger partial charge is 0.477 e. The van der Waals surface area contributed by atoms with Crippen molar-refractivity contribution in [1.82, 2.24) is 4.90 Å². The maximum Gasteiger partial charge on any atom is 0.310 e. The van der Waals surface area contributed by atoms with Crippen LogP contribution < -0.4 is 4.74 Å². The highest BCUT2D eigenvalue weighted by atomic mass is 16.6. The van der Waals surface area contributed by atoms with E-state index >= 15 is 0 Å². The zero-order valence-electron chi connectivity index (χ0n) is 15.6. The highest BCUT2D eigenvalue weighted by Gasteiger charge is 2.17. The Balaban J connectivity index is 1.95. The Morgan fingerprint density at radius 1 is 1.12 bits per heavy atom. The standard InChI is InChI=1S/C20H24N2O4/c1-20(2,3)16-11-9-15(10-12-16)13-21(4)19(23)14-26-18-8-6-5-7-17(18)22(24)25/h5-12H,13-14H2,1-4H3. The van der Waals surface area contributed by atoms with Gasteiger partial charge in [-0.25, -0.2) is 0 Å². The van der Waals surface area contributed by atoms with Crippen molar-refractivity contribution in [3.05, 3.63) is 69.8 Å². The molecule has 0 aliphatic heterocycles. The molecular formula is C20H24N2O4. The molecular weight excluding hydrogens is 332 g/mol. The predicted octanol–water partition coefficient (Wildman–Crippen LogP) is 3.93. The Labute approximate surface area is 153 Å². The maximum absolute atomic E-state index is 12.3. The molecule has 2 aromatic carbocycles. The molecule has 0 aliphatic rings. The van der Waals surface area contributed by atoms with Gasteiger partial charge in [-0.2, -0.15) is 0 Å². The number of benzene rings is 2. The van der Waals surface area contributed by atoms with Crippen LogP contribution in [0.25, 0.3) is 0 Å². The van der Waals surface area contributed by atoms with Crippen LogP contribution in [0.5, 0.6) is 5.75 Å². The number of carbonyl (C=O) groups is 1. The van der Waals surface area contributed by atoms with Crippen LogP contribution in [0.4, 0.5) is 5.69 Å². The van der Waals surface area contributed by atoms with Gasteiger partial charge in [-0.05, 0) is 22.6 Å². The van der Waals surface area contributed by atoms with Gasteiger partial charge in [0, 0.05) is 19.7 Å². The lowest BCUT2D eigenvalue weighted by atomic mass is 9.87. The van der Waals surface area contributed by atoms with Gasteiger partial charge in [0.2, 0.25) is 0 Å². The van der Waals surface area contributed by atoms with E-state index < -0.39 is 4.92 Å². The molecule has 0 saturated heterocycles. The first kappa shape index (κ1) is 19.4. The second-order valence-corrected chi connectivity index (χ2v) is 7.21. The molecule has 0 radical (unpaired) electrons. The minimum absolute atomic E-state index is 0.0818. The van der Waals surface area contributed by atoms with Crippen LogP contribution in [0.3, 0.4) is 0 Å². The topological polar surface area (TPSA) is 72.7 Å². The molecule has 0 spiro atoms. The fraction of sp³-hybridized carbons (Fsp3) is 0.350. The third kappa shape index (κ3) is 5.05. The summed E-state index contributed by atoms with van der Waals surface area (Å²) in [5, 5.41) is 11.0. The summed E-state index contributed by atoms with van der Waals surface area (Å²) in [6.07, 6.45) is 0. The van der Waals surface area contributed by atoms with Gasteiger partial charge < -0.3 is 9.64 Å². The van der Waals surface area contributed by atoms with Gasteiger partial charge in [-0.3, -0.25) is 14.9 Å². The molecule has 1 amide bonds. The Bertz CT molecular complexity index is 779. The summed E-state index contributed by atoms with van der Waals surface area (Å²) in [7, 11) is 1.68. The van der Waals surface area contributed by atoms with E-state index in [0.717, 1.165) is 5.56 Å². The number of hydrogen-bond donors (Lipinski definition) is 0. The molecule has 2 aromatic rings. The molecule has 0 fully saturated rings. The molecule has 0 saturated carbocycles. The Kier molecular flexibility index (Phi) is 5.97. The first-order valence-electron chi connectivity index (χ1n) is 8.38. The van der Waals surface area contributed by atoms with Crippen molar-refractivity contribution in [2.24, 2.45) is 0 Å². The van der Waals surface area contributed by atoms with Crippen LogP contribution in [0.1, 0.15) is 31.9 Å². The van der Waals surface area contributed by atoms with Crippen molar-refractivity contribution >= 4 is 11.6 Å². The molecule has 0 unspecified atom stereocenters. The van der Waals surface area contributed by atoms with E-state index in [9.17, 15) is 14.9 Å². The number of hydrogen-bond acceptors (Lipinski definition) is 4. The molecule has 0 aliphatic carbocycles. The Morgan fingerprint density at radius 3 is 2.31 bits per heavy atom. The summed E-state index contributed by atoms with van der Waals surface area (Å²) in [5.74, 6) is -0.156. The molecule has 138 valence electrons. The van der Waals surface area contributed by atoms with Gasteiger partial charge in [0.25, 0.3) is 5.91 Å². The number of para-hydroxylation sites is 2. The van der Waals surface area contributed by atoms with Crippen LogP contribution in [-0.2, 0) is 16.8 Å². The quantitative estimate of drug-likeness (QED) is 0.581. The molecule has 2 rings (SSSR count). The molecule has 0 atom stereocenters. The predicted molar refractivity (Wildman–Crippen MR) is 100 cm³/mol. The van der Waals surface area contributed by atoms with E-state index in [4.69, 9.17) is 4.74 Å². The van der Waals surface area contributed by atoms with Crippen molar-refractivity contribution in [1.29, 1.82) is 0 Å². The fourth-order valence-corrected chi connectivity index (χ4v) is 2.45. The number of nitrogens with zero attached hydrogens (tertiary/aromatic N) is 2. The monoisotopic (exact) mass is 356 g/mol. The lowest BCUT2D eigenvalue weighted by Gasteiger charge is -2.21. The van der Waals surface area contributed by atoms with Gasteiger partial charge in [-0.15, -0.1) is 0 Å². The zero-order valence-corrected chi connectivity index (χ0v) is 15.6. The van der Waals surface area contributed by atoms with Crippen LogP contribution in [0.15, 0.2) is 48.5 Å². The van der Waals surface area contributed by atoms with E-state index in [2.05, 4.69) is 32.9 Å². The second kappa shape index (κ2) is 7.99. The summed E-state index contributed by atoms with van der Waals surface area (Å²) in [6, 6.07) is 14.2. The van der Waals surface area contributed by atoms with Crippen LogP contribution in [-0.4, -0.2) is 29.4 Å². The summed E-state index contributed by atoms with van der Waals surface area (Å²) in [5.41, 5.74) is 2.17. The zero-order chi connectivity index (χ0) is 19.3. The van der Waals surface area contributed by atoms with Gasteiger partial charge in [0.15, 0.2) is 12.4 Å². The van der Waals surface area contributed by atoms with Crippen molar-refractivity contribution in [3.63, 3.8) is 0 Å². The molecule has 0 N–H and O–H groups in total. The van der Waals surface area contributed by atoms with E-state index in [0.29, 0.717) is 6.54 Å². The normalized spacial score (nSPS) is 11.1. The molecule has 6 nitrogen and oxygen atoms in total. The minimum Gasteiger partial charge on any atom is -0.477 e. The smallest absolute Gasteiger partial charge is 0.310 e. The average Bonchev–Trinajstić information content (AvgIpc) is 2.59. The van der Waals surface area contributed by atoms with Crippen molar-refractivity contribution in [2.75, 3.05) is 13.7 Å². The highest BCUT2D eigenvalue weighted by molar-refractivity contribution is 5.77. The number of ether oxygens (including phenoxy) is 1.